The third kappa shape index (κ3) is 4.53. The lowest BCUT2D eigenvalue weighted by Gasteiger charge is -2.04. The lowest BCUT2D eigenvalue weighted by molar-refractivity contribution is 0.0601. The maximum atomic E-state index is 11.8. The third-order valence-corrected chi connectivity index (χ3v) is 3.23. The van der Waals surface area contributed by atoms with Gasteiger partial charge in [-0.25, -0.2) is 4.79 Å². The minimum atomic E-state index is -0.419. The monoisotopic (exact) mass is 343 g/mol. The van der Waals surface area contributed by atoms with E-state index >= 15 is 0 Å². The number of furan rings is 1. The number of rotatable bonds is 6. The number of nitrogens with one attached hydrogen (secondary N) is 2. The molecule has 0 aliphatic carbocycles. The Morgan fingerprint density at radius 3 is 2.92 bits per heavy atom. The van der Waals surface area contributed by atoms with Crippen LogP contribution in [-0.2, 0) is 4.74 Å². The van der Waals surface area contributed by atoms with Crippen LogP contribution in [0.1, 0.15) is 16.1 Å². The van der Waals surface area contributed by atoms with Crippen LogP contribution in [0.5, 0.6) is 0 Å². The van der Waals surface area contributed by atoms with Gasteiger partial charge in [-0.3, -0.25) is 5.43 Å². The van der Waals surface area contributed by atoms with Gasteiger partial charge in [-0.05, 0) is 30.4 Å². The second kappa shape index (κ2) is 8.64. The Morgan fingerprint density at radius 2 is 2.17 bits per heavy atom. The van der Waals surface area contributed by atoms with Gasteiger partial charge < -0.3 is 14.5 Å². The quantitative estimate of drug-likeness (QED) is 0.276. The number of ether oxygens (including phenoxy) is 1. The Hall–Kier alpha value is -2.93. The molecule has 0 radical (unpaired) electrons. The molecule has 7 heteroatoms. The van der Waals surface area contributed by atoms with Crippen molar-refractivity contribution in [3.05, 3.63) is 60.4 Å². The van der Waals surface area contributed by atoms with Crippen molar-refractivity contribution < 1.29 is 13.9 Å². The summed E-state index contributed by atoms with van der Waals surface area (Å²) < 4.78 is 10.5. The number of hydrogen-bond acceptors (Lipinski definition) is 5. The SMILES string of the molecule is C=CCNC(=S)N/N=C/c1ccc(-c2ccccc2C(=O)OC)o1. The van der Waals surface area contributed by atoms with E-state index in [-0.39, 0.29) is 0 Å². The molecule has 0 aliphatic heterocycles. The molecule has 0 saturated heterocycles. The molecule has 0 amide bonds. The molecule has 0 bridgehead atoms. The first-order valence-corrected chi connectivity index (χ1v) is 7.52. The summed E-state index contributed by atoms with van der Waals surface area (Å²) in [6, 6.07) is 10.6. The highest BCUT2D eigenvalue weighted by atomic mass is 32.1. The van der Waals surface area contributed by atoms with Crippen molar-refractivity contribution in [2.45, 2.75) is 0 Å². The molecule has 124 valence electrons. The van der Waals surface area contributed by atoms with Gasteiger partial charge in [0.15, 0.2) is 5.11 Å². The van der Waals surface area contributed by atoms with E-state index < -0.39 is 5.97 Å². The summed E-state index contributed by atoms with van der Waals surface area (Å²) >= 11 is 5.01. The van der Waals surface area contributed by atoms with E-state index in [4.69, 9.17) is 21.4 Å². The molecule has 0 aliphatic rings. The number of benzene rings is 1. The number of methoxy groups -OCH3 is 1. The Morgan fingerprint density at radius 1 is 1.38 bits per heavy atom. The molecule has 0 atom stereocenters. The molecule has 0 saturated carbocycles. The first-order valence-electron chi connectivity index (χ1n) is 7.11. The lowest BCUT2D eigenvalue weighted by Crippen LogP contribution is -2.31. The van der Waals surface area contributed by atoms with E-state index in [0.29, 0.717) is 34.3 Å². The average molecular weight is 343 g/mol. The number of carbonyl (C=O) groups is 1. The number of esters is 1. The first kappa shape index (κ1) is 17.4. The van der Waals surface area contributed by atoms with E-state index in [1.165, 1.54) is 13.3 Å². The van der Waals surface area contributed by atoms with Gasteiger partial charge in [-0.15, -0.1) is 6.58 Å². The smallest absolute Gasteiger partial charge is 0.338 e. The molecule has 0 unspecified atom stereocenters. The summed E-state index contributed by atoms with van der Waals surface area (Å²) in [5, 5.41) is 7.24. The highest BCUT2D eigenvalue weighted by Crippen LogP contribution is 2.25. The van der Waals surface area contributed by atoms with Crippen LogP contribution >= 0.6 is 12.2 Å². The second-order valence-corrected chi connectivity index (χ2v) is 5.02. The number of thiocarbonyl (C=S) groups is 1. The zero-order valence-corrected chi connectivity index (χ0v) is 13.9. The fourth-order valence-corrected chi connectivity index (χ4v) is 2.05. The summed E-state index contributed by atoms with van der Waals surface area (Å²) in [4.78, 5) is 11.8. The maximum absolute atomic E-state index is 11.8. The second-order valence-electron chi connectivity index (χ2n) is 4.61. The largest absolute Gasteiger partial charge is 0.465 e. The Kier molecular flexibility index (Phi) is 6.27. The highest BCUT2D eigenvalue weighted by molar-refractivity contribution is 7.80. The molecule has 2 aromatic rings. The van der Waals surface area contributed by atoms with Gasteiger partial charge in [0, 0.05) is 12.1 Å². The van der Waals surface area contributed by atoms with Crippen molar-refractivity contribution in [2.75, 3.05) is 13.7 Å². The molecule has 1 aromatic carbocycles. The molecule has 0 fully saturated rings. The van der Waals surface area contributed by atoms with Crippen molar-refractivity contribution in [1.29, 1.82) is 0 Å². The van der Waals surface area contributed by atoms with Gasteiger partial charge in [-0.2, -0.15) is 5.10 Å². The van der Waals surface area contributed by atoms with Crippen LogP contribution in [0.15, 0.2) is 58.6 Å². The first-order chi connectivity index (χ1) is 11.7. The van der Waals surface area contributed by atoms with Gasteiger partial charge in [0.05, 0.1) is 18.9 Å². The van der Waals surface area contributed by atoms with E-state index in [1.807, 2.05) is 6.07 Å². The number of hydrogen-bond donors (Lipinski definition) is 2. The normalized spacial score (nSPS) is 10.4. The molecule has 24 heavy (non-hydrogen) atoms. The predicted molar refractivity (Wildman–Crippen MR) is 97.0 cm³/mol. The lowest BCUT2D eigenvalue weighted by atomic mass is 10.1. The molecular formula is C17H17N3O3S. The van der Waals surface area contributed by atoms with Crippen LogP contribution in [0.4, 0.5) is 0 Å². The summed E-state index contributed by atoms with van der Waals surface area (Å²) in [6.07, 6.45) is 3.18. The van der Waals surface area contributed by atoms with Crippen molar-refractivity contribution >= 4 is 29.5 Å². The van der Waals surface area contributed by atoms with Gasteiger partial charge in [0.25, 0.3) is 0 Å². The molecule has 2 N–H and O–H groups in total. The van der Waals surface area contributed by atoms with E-state index in [2.05, 4.69) is 22.4 Å². The van der Waals surface area contributed by atoms with Crippen molar-refractivity contribution in [3.63, 3.8) is 0 Å². The number of nitrogens with zero attached hydrogens (tertiary/aromatic N) is 1. The van der Waals surface area contributed by atoms with Crippen LogP contribution in [0.25, 0.3) is 11.3 Å². The molecule has 0 spiro atoms. The summed E-state index contributed by atoms with van der Waals surface area (Å²) in [5.74, 6) is 0.644. The van der Waals surface area contributed by atoms with Gasteiger partial charge in [0.1, 0.15) is 11.5 Å². The Labute approximate surface area is 145 Å². The van der Waals surface area contributed by atoms with Crippen LogP contribution in [0, 0.1) is 0 Å². The van der Waals surface area contributed by atoms with E-state index in [1.54, 1.807) is 36.4 Å². The number of hydrazone groups is 1. The zero-order valence-electron chi connectivity index (χ0n) is 13.1. The molecule has 1 heterocycles. The summed E-state index contributed by atoms with van der Waals surface area (Å²) in [6.45, 7) is 4.13. The van der Waals surface area contributed by atoms with Gasteiger partial charge >= 0.3 is 5.97 Å². The Bertz CT molecular complexity index is 768. The summed E-state index contributed by atoms with van der Waals surface area (Å²) in [7, 11) is 1.34. The fourth-order valence-electron chi connectivity index (χ4n) is 1.91. The minimum Gasteiger partial charge on any atom is -0.465 e. The Balaban J connectivity index is 2.10. The third-order valence-electron chi connectivity index (χ3n) is 2.99. The van der Waals surface area contributed by atoms with Crippen LogP contribution in [-0.4, -0.2) is 31.0 Å². The fraction of sp³-hybridized carbons (Fsp3) is 0.118. The standard InChI is InChI=1S/C17H17N3O3S/c1-3-10-18-17(24)20-19-11-12-8-9-15(23-12)13-6-4-5-7-14(13)16(21)22-2/h3-9,11H,1,10H2,2H3,(H2,18,20,24)/b19-11+. The maximum Gasteiger partial charge on any atom is 0.338 e. The number of carbonyl (C=O) groups excluding carboxylic acids is 1. The van der Waals surface area contributed by atoms with E-state index in [9.17, 15) is 4.79 Å². The van der Waals surface area contributed by atoms with Gasteiger partial charge in [0.2, 0.25) is 0 Å². The van der Waals surface area contributed by atoms with Crippen LogP contribution in [0.2, 0.25) is 0 Å². The predicted octanol–water partition coefficient (Wildman–Crippen LogP) is 2.72. The minimum absolute atomic E-state index is 0.383. The molecule has 1 aromatic heterocycles. The molecule has 6 nitrogen and oxygen atoms in total. The highest BCUT2D eigenvalue weighted by Gasteiger charge is 2.14. The average Bonchev–Trinajstić information content (AvgIpc) is 3.08. The van der Waals surface area contributed by atoms with Crippen molar-refractivity contribution in [2.24, 2.45) is 5.10 Å². The van der Waals surface area contributed by atoms with Crippen LogP contribution in [0.3, 0.4) is 0 Å². The van der Waals surface area contributed by atoms with E-state index in [0.717, 1.165) is 0 Å². The molecular weight excluding hydrogens is 326 g/mol. The van der Waals surface area contributed by atoms with Crippen molar-refractivity contribution in [1.82, 2.24) is 10.7 Å². The molecule has 2 rings (SSSR count). The van der Waals surface area contributed by atoms with Crippen LogP contribution < -0.4 is 10.7 Å². The summed E-state index contributed by atoms with van der Waals surface area (Å²) in [5.41, 5.74) is 3.75. The van der Waals surface area contributed by atoms with Gasteiger partial charge in [-0.1, -0.05) is 24.3 Å². The van der Waals surface area contributed by atoms with Crippen molar-refractivity contribution in [3.8, 4) is 11.3 Å². The zero-order chi connectivity index (χ0) is 17.4. The topological polar surface area (TPSA) is 75.9 Å².